The average molecular weight is 407 g/mol. The van der Waals surface area contributed by atoms with E-state index in [1.807, 2.05) is 0 Å². The summed E-state index contributed by atoms with van der Waals surface area (Å²) in [6.07, 6.45) is -11.9. The van der Waals surface area contributed by atoms with Crippen molar-refractivity contribution in [3.05, 3.63) is 53.7 Å². The number of methoxy groups -OCH3 is 1. The van der Waals surface area contributed by atoms with E-state index in [4.69, 9.17) is 4.74 Å². The van der Waals surface area contributed by atoms with Gasteiger partial charge in [-0.25, -0.2) is 4.98 Å². The quantitative estimate of drug-likeness (QED) is 0.580. The zero-order valence-corrected chi connectivity index (χ0v) is 14.6. The first-order valence-electron chi connectivity index (χ1n) is 7.71. The molecule has 1 heterocycles. The van der Waals surface area contributed by atoms with Crippen LogP contribution in [0.2, 0.25) is 0 Å². The molecule has 0 aliphatic rings. The predicted octanol–water partition coefficient (Wildman–Crippen LogP) is 4.06. The topological polar surface area (TPSA) is 63.2 Å². The molecule has 11 heteroatoms. The standard InChI is InChI=1S/C17H15F6N3O2/c1-10-4-3-5-13(24-10)25-15(16(18,19)20,17(21,22)23)26-14(27)11-6-8-12(28-2)9-7-11/h3-9H,1-2H3,(H,24,25)(H,26,27). The summed E-state index contributed by atoms with van der Waals surface area (Å²) in [5.41, 5.74) is -4.99. The maximum atomic E-state index is 13.6. The van der Waals surface area contributed by atoms with Crippen LogP contribution < -0.4 is 15.4 Å². The van der Waals surface area contributed by atoms with Gasteiger partial charge >= 0.3 is 18.0 Å². The van der Waals surface area contributed by atoms with Crippen molar-refractivity contribution >= 4 is 11.7 Å². The normalized spacial score (nSPS) is 12.4. The molecule has 28 heavy (non-hydrogen) atoms. The fourth-order valence-corrected chi connectivity index (χ4v) is 2.27. The number of hydrogen-bond acceptors (Lipinski definition) is 4. The maximum absolute atomic E-state index is 13.6. The summed E-state index contributed by atoms with van der Waals surface area (Å²) in [6.45, 7) is 1.39. The summed E-state index contributed by atoms with van der Waals surface area (Å²) in [5.74, 6) is -2.02. The van der Waals surface area contributed by atoms with Crippen LogP contribution in [0.5, 0.6) is 5.75 Å². The monoisotopic (exact) mass is 407 g/mol. The Bertz CT molecular complexity index is 820. The van der Waals surface area contributed by atoms with Crippen LogP contribution in [0.25, 0.3) is 0 Å². The number of alkyl halides is 6. The molecule has 2 N–H and O–H groups in total. The lowest BCUT2D eigenvalue weighted by Crippen LogP contribution is -2.72. The van der Waals surface area contributed by atoms with E-state index < -0.39 is 35.3 Å². The molecular weight excluding hydrogens is 392 g/mol. The molecule has 2 rings (SSSR count). The Kier molecular flexibility index (Phi) is 5.76. The van der Waals surface area contributed by atoms with Crippen molar-refractivity contribution < 1.29 is 35.9 Å². The minimum Gasteiger partial charge on any atom is -0.497 e. The van der Waals surface area contributed by atoms with Crippen LogP contribution in [-0.2, 0) is 0 Å². The van der Waals surface area contributed by atoms with E-state index in [9.17, 15) is 31.1 Å². The summed E-state index contributed by atoms with van der Waals surface area (Å²) >= 11 is 0. The number of anilines is 1. The first-order valence-corrected chi connectivity index (χ1v) is 7.71. The van der Waals surface area contributed by atoms with E-state index in [0.29, 0.717) is 0 Å². The molecule has 0 atom stereocenters. The van der Waals surface area contributed by atoms with Gasteiger partial charge in [0, 0.05) is 11.3 Å². The molecule has 0 bridgehead atoms. The highest BCUT2D eigenvalue weighted by Gasteiger charge is 2.72. The largest absolute Gasteiger partial charge is 0.497 e. The summed E-state index contributed by atoms with van der Waals surface area (Å²) < 4.78 is 86.5. The van der Waals surface area contributed by atoms with Crippen molar-refractivity contribution in [2.24, 2.45) is 0 Å². The summed E-state index contributed by atoms with van der Waals surface area (Å²) in [5, 5.41) is 2.37. The van der Waals surface area contributed by atoms with E-state index >= 15 is 0 Å². The molecule has 0 spiro atoms. The Morgan fingerprint density at radius 3 is 2.00 bits per heavy atom. The molecular formula is C17H15F6N3O2. The Morgan fingerprint density at radius 2 is 1.54 bits per heavy atom. The van der Waals surface area contributed by atoms with Crippen LogP contribution in [-0.4, -0.2) is 36.0 Å². The number of nitrogens with one attached hydrogen (secondary N) is 2. The minimum absolute atomic E-state index is 0.185. The van der Waals surface area contributed by atoms with Crippen LogP contribution in [0, 0.1) is 6.92 Å². The average Bonchev–Trinajstić information content (AvgIpc) is 2.59. The lowest BCUT2D eigenvalue weighted by Gasteiger charge is -2.38. The molecule has 0 saturated heterocycles. The fraction of sp³-hybridized carbons (Fsp3) is 0.294. The minimum atomic E-state index is -5.93. The van der Waals surface area contributed by atoms with Gasteiger partial charge in [0.15, 0.2) is 0 Å². The fourth-order valence-electron chi connectivity index (χ4n) is 2.27. The van der Waals surface area contributed by atoms with E-state index in [1.165, 1.54) is 43.6 Å². The van der Waals surface area contributed by atoms with Gasteiger partial charge < -0.3 is 15.4 Å². The number of hydrogen-bond donors (Lipinski definition) is 2. The van der Waals surface area contributed by atoms with Crippen molar-refractivity contribution in [2.45, 2.75) is 24.9 Å². The second-order valence-electron chi connectivity index (χ2n) is 5.72. The Balaban J connectivity index is 2.48. The number of carbonyl (C=O) groups excluding carboxylic acids is 1. The smallest absolute Gasteiger partial charge is 0.439 e. The molecule has 0 unspecified atom stereocenters. The van der Waals surface area contributed by atoms with E-state index in [2.05, 4.69) is 4.98 Å². The van der Waals surface area contributed by atoms with Gasteiger partial charge in [0.1, 0.15) is 11.6 Å². The highest BCUT2D eigenvalue weighted by Crippen LogP contribution is 2.43. The Morgan fingerprint density at radius 1 is 0.964 bits per heavy atom. The van der Waals surface area contributed by atoms with E-state index in [-0.39, 0.29) is 11.4 Å². The number of amides is 1. The van der Waals surface area contributed by atoms with E-state index in [1.54, 1.807) is 0 Å². The molecule has 0 aliphatic carbocycles. The van der Waals surface area contributed by atoms with Gasteiger partial charge in [-0.3, -0.25) is 4.79 Å². The molecule has 1 aromatic heterocycles. The number of halogens is 6. The number of aryl methyl sites for hydroxylation is 1. The first kappa shape index (κ1) is 21.3. The van der Waals surface area contributed by atoms with Crippen molar-refractivity contribution in [1.29, 1.82) is 0 Å². The second-order valence-corrected chi connectivity index (χ2v) is 5.72. The van der Waals surface area contributed by atoms with Crippen LogP contribution in [0.3, 0.4) is 0 Å². The van der Waals surface area contributed by atoms with Crippen LogP contribution in [0.4, 0.5) is 32.2 Å². The van der Waals surface area contributed by atoms with Gasteiger partial charge in [0.25, 0.3) is 5.91 Å². The van der Waals surface area contributed by atoms with Gasteiger partial charge in [-0.2, -0.15) is 26.3 Å². The number of carbonyl (C=O) groups is 1. The number of pyridine rings is 1. The summed E-state index contributed by atoms with van der Waals surface area (Å²) in [6, 6.07) is 8.09. The van der Waals surface area contributed by atoms with Crippen molar-refractivity contribution in [3.63, 3.8) is 0 Å². The second kappa shape index (κ2) is 7.56. The molecule has 152 valence electrons. The first-order chi connectivity index (χ1) is 12.9. The highest BCUT2D eigenvalue weighted by molar-refractivity contribution is 5.95. The van der Waals surface area contributed by atoms with Gasteiger partial charge in [-0.05, 0) is 43.3 Å². The van der Waals surface area contributed by atoms with Crippen molar-refractivity contribution in [1.82, 2.24) is 10.3 Å². The molecule has 1 aromatic carbocycles. The number of nitrogens with zero attached hydrogens (tertiary/aromatic N) is 1. The zero-order valence-electron chi connectivity index (χ0n) is 14.6. The van der Waals surface area contributed by atoms with Gasteiger partial charge in [-0.1, -0.05) is 6.07 Å². The van der Waals surface area contributed by atoms with Gasteiger partial charge in [0.2, 0.25) is 0 Å². The molecule has 5 nitrogen and oxygen atoms in total. The third kappa shape index (κ3) is 4.29. The SMILES string of the molecule is COc1ccc(C(=O)NC(Nc2cccc(C)n2)(C(F)(F)F)C(F)(F)F)cc1. The third-order valence-corrected chi connectivity index (χ3v) is 3.71. The van der Waals surface area contributed by atoms with Crippen LogP contribution >= 0.6 is 0 Å². The van der Waals surface area contributed by atoms with Gasteiger partial charge in [0.05, 0.1) is 7.11 Å². The van der Waals surface area contributed by atoms with Gasteiger partial charge in [-0.15, -0.1) is 0 Å². The van der Waals surface area contributed by atoms with Crippen molar-refractivity contribution in [3.8, 4) is 5.75 Å². The Hall–Kier alpha value is -2.98. The molecule has 0 saturated carbocycles. The van der Waals surface area contributed by atoms with Crippen LogP contribution in [0.1, 0.15) is 16.1 Å². The van der Waals surface area contributed by atoms with Crippen LogP contribution in [0.15, 0.2) is 42.5 Å². The summed E-state index contributed by atoms with van der Waals surface area (Å²) in [4.78, 5) is 15.8. The lowest BCUT2D eigenvalue weighted by atomic mass is 10.1. The number of ether oxygens (including phenoxy) is 1. The number of rotatable bonds is 5. The molecule has 2 aromatic rings. The number of aromatic nitrogens is 1. The summed E-state index contributed by atoms with van der Waals surface area (Å²) in [7, 11) is 1.31. The van der Waals surface area contributed by atoms with Crippen molar-refractivity contribution in [2.75, 3.05) is 12.4 Å². The van der Waals surface area contributed by atoms with E-state index in [0.717, 1.165) is 23.5 Å². The molecule has 0 aliphatic heterocycles. The third-order valence-electron chi connectivity index (χ3n) is 3.71. The molecule has 0 radical (unpaired) electrons. The number of benzene rings is 1. The molecule has 0 fully saturated rings. The Labute approximate surface area is 155 Å². The maximum Gasteiger partial charge on any atom is 0.439 e. The zero-order chi connectivity index (χ0) is 21.2. The highest BCUT2D eigenvalue weighted by atomic mass is 19.4. The lowest BCUT2D eigenvalue weighted by molar-refractivity contribution is -0.294. The predicted molar refractivity (Wildman–Crippen MR) is 87.9 cm³/mol. The molecule has 1 amide bonds.